The molecule has 2 aromatic carbocycles. The van der Waals surface area contributed by atoms with Gasteiger partial charge in [-0.3, -0.25) is 0 Å². The number of halogens is 1. The Bertz CT molecular complexity index is 386. The second-order valence-corrected chi connectivity index (χ2v) is 9.69. The summed E-state index contributed by atoms with van der Waals surface area (Å²) in [5.41, 5.74) is 0. The first-order valence-corrected chi connectivity index (χ1v) is 8.26. The van der Waals surface area contributed by atoms with Crippen molar-refractivity contribution < 1.29 is 0 Å². The molecule has 0 heterocycles. The van der Waals surface area contributed by atoms with Crippen LogP contribution >= 0.6 is 15.9 Å². The molecule has 0 aliphatic carbocycles. The van der Waals surface area contributed by atoms with Crippen LogP contribution in [-0.4, -0.2) is 13.2 Å². The van der Waals surface area contributed by atoms with E-state index >= 15 is 0 Å². The van der Waals surface area contributed by atoms with E-state index in [0.717, 1.165) is 0 Å². The van der Waals surface area contributed by atoms with Gasteiger partial charge < -0.3 is 0 Å². The molecule has 0 fully saturated rings. The van der Waals surface area contributed by atoms with Gasteiger partial charge >= 0.3 is 0 Å². The van der Waals surface area contributed by atoms with Crippen molar-refractivity contribution in [2.45, 2.75) is 11.4 Å². The molecule has 1 atom stereocenters. The lowest BCUT2D eigenvalue weighted by molar-refractivity contribution is 1.39. The minimum atomic E-state index is -1.11. The lowest BCUT2D eigenvalue weighted by atomic mass is 10.4. The van der Waals surface area contributed by atoms with E-state index in [1.54, 1.807) is 0 Å². The second kappa shape index (κ2) is 5.46. The summed E-state index contributed by atoms with van der Waals surface area (Å²) in [5.74, 6) is 0. The van der Waals surface area contributed by atoms with Crippen molar-refractivity contribution in [2.75, 3.05) is 0 Å². The van der Waals surface area contributed by atoms with Crippen LogP contribution in [0.1, 0.15) is 6.92 Å². The SMILES string of the molecule is CC(Br)[SiH](c1ccccc1)c1ccccc1. The normalized spacial score (nSPS) is 12.7. The molecule has 2 aromatic rings. The summed E-state index contributed by atoms with van der Waals surface area (Å²) in [6, 6.07) is 21.7. The van der Waals surface area contributed by atoms with Crippen LogP contribution in [0.3, 0.4) is 0 Å². The molecule has 0 saturated heterocycles. The predicted octanol–water partition coefficient (Wildman–Crippen LogP) is 2.35. The van der Waals surface area contributed by atoms with Crippen molar-refractivity contribution in [1.82, 2.24) is 0 Å². The van der Waals surface area contributed by atoms with Gasteiger partial charge in [-0.05, 0) is 0 Å². The third kappa shape index (κ3) is 2.63. The zero-order valence-electron chi connectivity index (χ0n) is 9.31. The summed E-state index contributed by atoms with van der Waals surface area (Å²) < 4.78 is 0.567. The quantitative estimate of drug-likeness (QED) is 0.601. The Morgan fingerprint density at radius 1 is 0.812 bits per heavy atom. The maximum absolute atomic E-state index is 3.78. The molecule has 0 spiro atoms. The topological polar surface area (TPSA) is 0 Å². The van der Waals surface area contributed by atoms with Gasteiger partial charge in [0.1, 0.15) is 8.80 Å². The first-order chi connectivity index (χ1) is 7.79. The average Bonchev–Trinajstić information content (AvgIpc) is 2.31. The monoisotopic (exact) mass is 290 g/mol. The summed E-state index contributed by atoms with van der Waals surface area (Å²) in [5, 5.41) is 3.00. The van der Waals surface area contributed by atoms with Gasteiger partial charge in [0, 0.05) is 4.45 Å². The zero-order chi connectivity index (χ0) is 11.4. The summed E-state index contributed by atoms with van der Waals surface area (Å²) in [7, 11) is -1.11. The third-order valence-corrected chi connectivity index (χ3v) is 7.49. The van der Waals surface area contributed by atoms with Gasteiger partial charge in [-0.2, -0.15) is 0 Å². The Morgan fingerprint density at radius 3 is 1.50 bits per heavy atom. The van der Waals surface area contributed by atoms with Crippen LogP contribution in [0.25, 0.3) is 0 Å². The molecule has 16 heavy (non-hydrogen) atoms. The lowest BCUT2D eigenvalue weighted by Gasteiger charge is -2.18. The Kier molecular flexibility index (Phi) is 3.96. The first kappa shape index (κ1) is 11.6. The molecule has 0 amide bonds. The Labute approximate surface area is 107 Å². The molecule has 0 nitrogen and oxygen atoms in total. The fraction of sp³-hybridized carbons (Fsp3) is 0.143. The highest BCUT2D eigenvalue weighted by Gasteiger charge is 2.20. The largest absolute Gasteiger partial charge is 0.116 e. The van der Waals surface area contributed by atoms with E-state index in [0.29, 0.717) is 4.45 Å². The number of benzene rings is 2. The number of alkyl halides is 1. The fourth-order valence-electron chi connectivity index (χ4n) is 2.04. The van der Waals surface area contributed by atoms with Crippen LogP contribution in [0, 0.1) is 0 Å². The van der Waals surface area contributed by atoms with Gasteiger partial charge in [0.2, 0.25) is 0 Å². The van der Waals surface area contributed by atoms with Gasteiger partial charge in [0.15, 0.2) is 0 Å². The Balaban J connectivity index is 2.40. The van der Waals surface area contributed by atoms with Crippen molar-refractivity contribution in [3.8, 4) is 0 Å². The van der Waals surface area contributed by atoms with Crippen LogP contribution in [0.2, 0.25) is 0 Å². The van der Waals surface area contributed by atoms with Gasteiger partial charge in [-0.1, -0.05) is 93.9 Å². The molecule has 82 valence electrons. The van der Waals surface area contributed by atoms with E-state index in [9.17, 15) is 0 Å². The first-order valence-electron chi connectivity index (χ1n) is 5.53. The van der Waals surface area contributed by atoms with E-state index < -0.39 is 8.80 Å². The maximum atomic E-state index is 3.78. The standard InChI is InChI=1S/C14H15BrSi/c1-12(15)16(13-8-4-2-5-9-13)14-10-6-3-7-11-14/h2-12,16H,1H3. The van der Waals surface area contributed by atoms with E-state index in [1.807, 2.05) is 0 Å². The van der Waals surface area contributed by atoms with Gasteiger partial charge in [0.25, 0.3) is 0 Å². The molecule has 1 unspecified atom stereocenters. The summed E-state index contributed by atoms with van der Waals surface area (Å²) in [4.78, 5) is 0. The van der Waals surface area contributed by atoms with Crippen LogP contribution in [0.15, 0.2) is 60.7 Å². The Morgan fingerprint density at radius 2 is 1.19 bits per heavy atom. The van der Waals surface area contributed by atoms with E-state index in [4.69, 9.17) is 0 Å². The second-order valence-electron chi connectivity index (χ2n) is 3.98. The molecular weight excluding hydrogens is 276 g/mol. The highest BCUT2D eigenvalue weighted by Crippen LogP contribution is 2.05. The summed E-state index contributed by atoms with van der Waals surface area (Å²) in [6.45, 7) is 2.26. The summed E-state index contributed by atoms with van der Waals surface area (Å²) in [6.07, 6.45) is 0. The maximum Gasteiger partial charge on any atom is 0.116 e. The molecule has 0 saturated carbocycles. The van der Waals surface area contributed by atoms with Crippen LogP contribution in [0.4, 0.5) is 0 Å². The Hall–Kier alpha value is -0.863. The highest BCUT2D eigenvalue weighted by atomic mass is 79.9. The minimum Gasteiger partial charge on any atom is -0.0923 e. The summed E-state index contributed by atoms with van der Waals surface area (Å²) >= 11 is 3.78. The third-order valence-electron chi connectivity index (χ3n) is 2.78. The molecule has 0 radical (unpaired) electrons. The molecule has 2 rings (SSSR count). The molecule has 0 N–H and O–H groups in total. The van der Waals surface area contributed by atoms with E-state index in [2.05, 4.69) is 83.5 Å². The lowest BCUT2D eigenvalue weighted by Crippen LogP contribution is -2.48. The minimum absolute atomic E-state index is 0.567. The molecule has 0 aliphatic heterocycles. The van der Waals surface area contributed by atoms with Gasteiger partial charge in [0.05, 0.1) is 0 Å². The predicted molar refractivity (Wildman–Crippen MR) is 77.7 cm³/mol. The molecular formula is C14H15BrSi. The molecule has 2 heteroatoms. The smallest absolute Gasteiger partial charge is 0.0923 e. The van der Waals surface area contributed by atoms with Crippen molar-refractivity contribution in [3.63, 3.8) is 0 Å². The van der Waals surface area contributed by atoms with E-state index in [1.165, 1.54) is 10.4 Å². The van der Waals surface area contributed by atoms with Gasteiger partial charge in [-0.25, -0.2) is 0 Å². The molecule has 0 bridgehead atoms. The van der Waals surface area contributed by atoms with Crippen molar-refractivity contribution in [3.05, 3.63) is 60.7 Å². The average molecular weight is 291 g/mol. The van der Waals surface area contributed by atoms with E-state index in [-0.39, 0.29) is 0 Å². The van der Waals surface area contributed by atoms with Crippen molar-refractivity contribution in [2.24, 2.45) is 0 Å². The zero-order valence-corrected chi connectivity index (χ0v) is 12.0. The fourth-order valence-corrected chi connectivity index (χ4v) is 6.59. The van der Waals surface area contributed by atoms with Crippen LogP contribution < -0.4 is 10.4 Å². The van der Waals surface area contributed by atoms with Crippen LogP contribution in [0.5, 0.6) is 0 Å². The van der Waals surface area contributed by atoms with Crippen molar-refractivity contribution in [1.29, 1.82) is 0 Å². The molecule has 0 aromatic heterocycles. The number of hydrogen-bond acceptors (Lipinski definition) is 0. The molecule has 0 aliphatic rings. The van der Waals surface area contributed by atoms with Gasteiger partial charge in [-0.15, -0.1) is 0 Å². The van der Waals surface area contributed by atoms with Crippen LogP contribution in [-0.2, 0) is 0 Å². The van der Waals surface area contributed by atoms with Crippen molar-refractivity contribution >= 4 is 35.1 Å². The highest BCUT2D eigenvalue weighted by molar-refractivity contribution is 9.10. The number of hydrogen-bond donors (Lipinski definition) is 0. The number of rotatable bonds is 3.